The molecule has 0 saturated heterocycles. The van der Waals surface area contributed by atoms with Gasteiger partial charge in [0, 0.05) is 35.0 Å². The highest BCUT2D eigenvalue weighted by atomic mass is 35.5. The number of nitrogens with one attached hydrogen (secondary N) is 1. The van der Waals surface area contributed by atoms with Crippen molar-refractivity contribution in [2.45, 2.75) is 0 Å². The Morgan fingerprint density at radius 3 is 2.87 bits per heavy atom. The maximum absolute atomic E-state index is 10.9. The third-order valence-electron chi connectivity index (χ3n) is 3.41. The highest BCUT2D eigenvalue weighted by molar-refractivity contribution is 6.32. The summed E-state index contributed by atoms with van der Waals surface area (Å²) in [6.45, 7) is 0. The molecule has 2 heterocycles. The number of hydrogen-bond donors (Lipinski definition) is 2. The monoisotopic (exact) mass is 322 g/mol. The quantitative estimate of drug-likeness (QED) is 0.724. The number of carbonyl (C=O) groups excluding carboxylic acids is 1. The summed E-state index contributed by atoms with van der Waals surface area (Å²) in [6, 6.07) is 9.19. The van der Waals surface area contributed by atoms with Crippen LogP contribution in [0.15, 0.2) is 42.7 Å². The molecule has 2 aromatic heterocycles. The molecule has 0 aliphatic rings. The first kappa shape index (κ1) is 14.8. The average Bonchev–Trinajstić information content (AvgIpc) is 2.95. The zero-order valence-corrected chi connectivity index (χ0v) is 12.6. The van der Waals surface area contributed by atoms with Crippen molar-refractivity contribution in [3.63, 3.8) is 0 Å². The zero-order valence-electron chi connectivity index (χ0n) is 11.9. The molecule has 0 radical (unpaired) electrons. The molecule has 0 bridgehead atoms. The van der Waals surface area contributed by atoms with Gasteiger partial charge in [0.05, 0.1) is 10.6 Å². The Morgan fingerprint density at radius 1 is 1.35 bits per heavy atom. The number of hydrogen-bond acceptors (Lipinski definition) is 3. The first-order valence-electron chi connectivity index (χ1n) is 6.73. The van der Waals surface area contributed by atoms with Crippen LogP contribution in [0.25, 0.3) is 28.2 Å². The molecule has 0 spiro atoms. The van der Waals surface area contributed by atoms with Crippen molar-refractivity contribution >= 4 is 34.6 Å². The van der Waals surface area contributed by atoms with E-state index in [1.165, 1.54) is 6.08 Å². The average molecular weight is 323 g/mol. The molecule has 0 unspecified atom stereocenters. The number of fused-ring (bicyclic) bond motifs is 1. The van der Waals surface area contributed by atoms with E-state index < -0.39 is 5.91 Å². The van der Waals surface area contributed by atoms with E-state index in [-0.39, 0.29) is 0 Å². The number of primary amides is 1. The van der Waals surface area contributed by atoms with Crippen molar-refractivity contribution in [1.29, 1.82) is 5.26 Å². The van der Waals surface area contributed by atoms with Crippen molar-refractivity contribution in [1.82, 2.24) is 9.97 Å². The van der Waals surface area contributed by atoms with E-state index in [0.29, 0.717) is 16.2 Å². The lowest BCUT2D eigenvalue weighted by atomic mass is 10.0. The van der Waals surface area contributed by atoms with Gasteiger partial charge >= 0.3 is 0 Å². The SMILES string of the molecule is N#Cc1ccc(-c2cnc3[nH]cc(/C=C/C(N)=O)c3c2)cc1Cl. The van der Waals surface area contributed by atoms with Gasteiger partial charge in [0.15, 0.2) is 0 Å². The number of nitrogens with zero attached hydrogens (tertiary/aromatic N) is 2. The molecule has 23 heavy (non-hydrogen) atoms. The number of aromatic amines is 1. The van der Waals surface area contributed by atoms with Gasteiger partial charge in [-0.25, -0.2) is 4.98 Å². The summed E-state index contributed by atoms with van der Waals surface area (Å²) >= 11 is 6.08. The third kappa shape index (κ3) is 2.93. The molecule has 0 aliphatic heterocycles. The van der Waals surface area contributed by atoms with Crippen LogP contribution in [0.1, 0.15) is 11.1 Å². The topological polar surface area (TPSA) is 95.6 Å². The van der Waals surface area contributed by atoms with Crippen LogP contribution in [-0.4, -0.2) is 15.9 Å². The molecular formula is C17H11ClN4O. The lowest BCUT2D eigenvalue weighted by Crippen LogP contribution is -2.04. The predicted molar refractivity (Wildman–Crippen MR) is 89.5 cm³/mol. The van der Waals surface area contributed by atoms with Crippen LogP contribution in [0.2, 0.25) is 5.02 Å². The summed E-state index contributed by atoms with van der Waals surface area (Å²) in [5, 5.41) is 10.2. The number of halogens is 1. The van der Waals surface area contributed by atoms with Crippen molar-refractivity contribution < 1.29 is 4.79 Å². The van der Waals surface area contributed by atoms with Gasteiger partial charge in [0.1, 0.15) is 11.7 Å². The van der Waals surface area contributed by atoms with Crippen LogP contribution in [0.4, 0.5) is 0 Å². The largest absolute Gasteiger partial charge is 0.366 e. The summed E-state index contributed by atoms with van der Waals surface area (Å²) in [5.74, 6) is -0.512. The second-order valence-corrected chi connectivity index (χ2v) is 5.31. The van der Waals surface area contributed by atoms with Gasteiger partial charge in [-0.05, 0) is 29.8 Å². The first-order chi connectivity index (χ1) is 11.1. The number of H-pyrrole nitrogens is 1. The summed E-state index contributed by atoms with van der Waals surface area (Å²) in [6.07, 6.45) is 6.41. The minimum Gasteiger partial charge on any atom is -0.366 e. The molecule has 1 amide bonds. The van der Waals surface area contributed by atoms with Gasteiger partial charge in [-0.1, -0.05) is 17.7 Å². The predicted octanol–water partition coefficient (Wildman–Crippen LogP) is 3.25. The number of nitrogens with two attached hydrogens (primary N) is 1. The van der Waals surface area contributed by atoms with Crippen LogP contribution in [0, 0.1) is 11.3 Å². The highest BCUT2D eigenvalue weighted by Gasteiger charge is 2.08. The standard InChI is InChI=1S/C17H11ClN4O/c18-15-6-10(1-2-11(15)7-19)13-5-14-12(3-4-16(20)23)8-21-17(14)22-9-13/h1-6,8-9H,(H2,20,23)(H,21,22)/b4-3+. The molecule has 0 fully saturated rings. The number of aromatic nitrogens is 2. The minimum atomic E-state index is -0.512. The van der Waals surface area contributed by atoms with Gasteiger partial charge < -0.3 is 10.7 Å². The molecular weight excluding hydrogens is 312 g/mol. The smallest absolute Gasteiger partial charge is 0.241 e. The highest BCUT2D eigenvalue weighted by Crippen LogP contribution is 2.28. The van der Waals surface area contributed by atoms with E-state index in [1.54, 1.807) is 30.6 Å². The molecule has 112 valence electrons. The first-order valence-corrected chi connectivity index (χ1v) is 7.11. The second-order valence-electron chi connectivity index (χ2n) is 4.91. The Hall–Kier alpha value is -3.10. The lowest BCUT2D eigenvalue weighted by Gasteiger charge is -2.04. The van der Waals surface area contributed by atoms with Crippen molar-refractivity contribution in [2.75, 3.05) is 0 Å². The van der Waals surface area contributed by atoms with Crippen LogP contribution in [-0.2, 0) is 4.79 Å². The van der Waals surface area contributed by atoms with E-state index >= 15 is 0 Å². The number of pyridine rings is 1. The number of rotatable bonds is 3. The minimum absolute atomic E-state index is 0.396. The van der Waals surface area contributed by atoms with Crippen LogP contribution >= 0.6 is 11.6 Å². The normalized spacial score (nSPS) is 11.0. The van der Waals surface area contributed by atoms with Gasteiger partial charge in [-0.15, -0.1) is 0 Å². The van der Waals surface area contributed by atoms with Crippen LogP contribution < -0.4 is 5.73 Å². The fourth-order valence-corrected chi connectivity index (χ4v) is 2.50. The number of nitriles is 1. The Bertz CT molecular complexity index is 982. The maximum atomic E-state index is 10.9. The molecule has 5 nitrogen and oxygen atoms in total. The Labute approximate surface area is 137 Å². The van der Waals surface area contributed by atoms with E-state index in [2.05, 4.69) is 9.97 Å². The van der Waals surface area contributed by atoms with Gasteiger partial charge in [0.2, 0.25) is 5.91 Å². The number of benzene rings is 1. The van der Waals surface area contributed by atoms with Crippen molar-refractivity contribution in [2.24, 2.45) is 5.73 Å². The number of amides is 1. The van der Waals surface area contributed by atoms with E-state index in [9.17, 15) is 4.79 Å². The summed E-state index contributed by atoms with van der Waals surface area (Å²) in [5.41, 5.74) is 8.79. The van der Waals surface area contributed by atoms with Crippen molar-refractivity contribution in [3.05, 3.63) is 58.9 Å². The van der Waals surface area contributed by atoms with Gasteiger partial charge in [0.25, 0.3) is 0 Å². The lowest BCUT2D eigenvalue weighted by molar-refractivity contribution is -0.113. The summed E-state index contributed by atoms with van der Waals surface area (Å²) in [4.78, 5) is 18.3. The van der Waals surface area contributed by atoms with Gasteiger partial charge in [-0.3, -0.25) is 4.79 Å². The van der Waals surface area contributed by atoms with Crippen LogP contribution in [0.5, 0.6) is 0 Å². The Balaban J connectivity index is 2.09. The molecule has 0 aliphatic carbocycles. The maximum Gasteiger partial charge on any atom is 0.241 e. The van der Waals surface area contributed by atoms with Crippen LogP contribution in [0.3, 0.4) is 0 Å². The molecule has 3 aromatic rings. The van der Waals surface area contributed by atoms with E-state index in [4.69, 9.17) is 22.6 Å². The molecule has 1 aromatic carbocycles. The third-order valence-corrected chi connectivity index (χ3v) is 3.73. The number of carbonyl (C=O) groups is 1. The second kappa shape index (κ2) is 5.95. The fourth-order valence-electron chi connectivity index (χ4n) is 2.28. The van der Waals surface area contributed by atoms with Gasteiger partial charge in [-0.2, -0.15) is 5.26 Å². The molecule has 0 atom stereocenters. The van der Waals surface area contributed by atoms with Crippen molar-refractivity contribution in [3.8, 4) is 17.2 Å². The van der Waals surface area contributed by atoms with E-state index in [0.717, 1.165) is 22.1 Å². The molecule has 6 heteroatoms. The fraction of sp³-hybridized carbons (Fsp3) is 0. The zero-order chi connectivity index (χ0) is 16.4. The Morgan fingerprint density at radius 2 is 2.17 bits per heavy atom. The summed E-state index contributed by atoms with van der Waals surface area (Å²) in [7, 11) is 0. The Kier molecular flexibility index (Phi) is 3.83. The van der Waals surface area contributed by atoms with E-state index in [1.807, 2.05) is 18.2 Å². The molecule has 3 N–H and O–H groups in total. The molecule has 0 saturated carbocycles. The summed E-state index contributed by atoms with van der Waals surface area (Å²) < 4.78 is 0. The molecule has 3 rings (SSSR count).